The summed E-state index contributed by atoms with van der Waals surface area (Å²) < 4.78 is 10.6. The van der Waals surface area contributed by atoms with Gasteiger partial charge in [-0.3, -0.25) is 9.59 Å². The molecule has 6 nitrogen and oxygen atoms in total. The monoisotopic (exact) mass is 270 g/mol. The summed E-state index contributed by atoms with van der Waals surface area (Å²) in [6.07, 6.45) is 3.22. The molecule has 4 unspecified atom stereocenters. The Hall–Kier alpha value is -1.14. The highest BCUT2D eigenvalue weighted by Crippen LogP contribution is 2.28. The van der Waals surface area contributed by atoms with Crippen molar-refractivity contribution in [2.75, 3.05) is 6.67 Å². The fraction of sp³-hybridized carbons (Fsp3) is 0.846. The van der Waals surface area contributed by atoms with Crippen LogP contribution in [0.1, 0.15) is 39.5 Å². The van der Waals surface area contributed by atoms with E-state index in [1.165, 1.54) is 0 Å². The van der Waals surface area contributed by atoms with Gasteiger partial charge >= 0.3 is 0 Å². The van der Waals surface area contributed by atoms with E-state index in [0.717, 1.165) is 12.8 Å². The molecule has 0 saturated carbocycles. The maximum absolute atomic E-state index is 11.5. The third-order valence-electron chi connectivity index (χ3n) is 3.52. The zero-order valence-corrected chi connectivity index (χ0v) is 11.5. The molecule has 2 saturated heterocycles. The minimum absolute atomic E-state index is 0.0610. The molecule has 2 fully saturated rings. The van der Waals surface area contributed by atoms with E-state index in [1.54, 1.807) is 0 Å². The van der Waals surface area contributed by atoms with E-state index < -0.39 is 0 Å². The van der Waals surface area contributed by atoms with Crippen molar-refractivity contribution in [2.45, 2.75) is 63.9 Å². The minimum Gasteiger partial charge on any atom is -0.369 e. The van der Waals surface area contributed by atoms with E-state index in [9.17, 15) is 9.59 Å². The molecule has 0 radical (unpaired) electrons. The van der Waals surface area contributed by atoms with E-state index in [1.807, 2.05) is 13.8 Å². The van der Waals surface area contributed by atoms with Crippen molar-refractivity contribution < 1.29 is 19.1 Å². The molecule has 0 aliphatic carbocycles. The van der Waals surface area contributed by atoms with E-state index in [2.05, 4.69) is 10.6 Å². The van der Waals surface area contributed by atoms with E-state index in [4.69, 9.17) is 9.47 Å². The molecule has 2 aliphatic heterocycles. The van der Waals surface area contributed by atoms with Crippen LogP contribution in [0.15, 0.2) is 0 Å². The van der Waals surface area contributed by atoms with Crippen LogP contribution in [0.4, 0.5) is 0 Å². The molecule has 2 heterocycles. The van der Waals surface area contributed by atoms with E-state index in [0.29, 0.717) is 12.8 Å². The highest BCUT2D eigenvalue weighted by atomic mass is 16.6. The first kappa shape index (κ1) is 14.3. The van der Waals surface area contributed by atoms with Gasteiger partial charge in [-0.25, -0.2) is 0 Å². The van der Waals surface area contributed by atoms with Crippen molar-refractivity contribution in [3.05, 3.63) is 0 Å². The van der Waals surface area contributed by atoms with Crippen molar-refractivity contribution in [3.63, 3.8) is 0 Å². The lowest BCUT2D eigenvalue weighted by Crippen LogP contribution is -2.38. The molecule has 108 valence electrons. The topological polar surface area (TPSA) is 83.3 Å². The third-order valence-corrected chi connectivity index (χ3v) is 3.52. The molecule has 0 aromatic carbocycles. The van der Waals surface area contributed by atoms with Gasteiger partial charge in [0.1, 0.15) is 0 Å². The van der Waals surface area contributed by atoms with Gasteiger partial charge in [-0.15, -0.1) is 0 Å². The summed E-state index contributed by atoms with van der Waals surface area (Å²) in [7, 11) is 0. The summed E-state index contributed by atoms with van der Waals surface area (Å²) in [5, 5.41) is 5.31. The summed E-state index contributed by atoms with van der Waals surface area (Å²) in [5.74, 6) is -0.175. The smallest absolute Gasteiger partial charge is 0.224 e. The maximum atomic E-state index is 11.5. The summed E-state index contributed by atoms with van der Waals surface area (Å²) in [4.78, 5) is 23.0. The van der Waals surface area contributed by atoms with Crippen LogP contribution in [0.2, 0.25) is 0 Å². The largest absolute Gasteiger partial charge is 0.369 e. The van der Waals surface area contributed by atoms with Gasteiger partial charge in [-0.1, -0.05) is 13.8 Å². The number of ether oxygens (including phenoxy) is 2. The van der Waals surface area contributed by atoms with Gasteiger partial charge in [-0.2, -0.15) is 0 Å². The predicted molar refractivity (Wildman–Crippen MR) is 68.3 cm³/mol. The van der Waals surface area contributed by atoms with Crippen molar-refractivity contribution in [1.82, 2.24) is 10.6 Å². The fourth-order valence-electron chi connectivity index (χ4n) is 2.19. The molecule has 2 rings (SSSR count). The maximum Gasteiger partial charge on any atom is 0.224 e. The lowest BCUT2D eigenvalue weighted by atomic mass is 10.2. The van der Waals surface area contributed by atoms with Gasteiger partial charge in [0.15, 0.2) is 0 Å². The molecule has 2 aliphatic rings. The van der Waals surface area contributed by atoms with Crippen LogP contribution in [0, 0.1) is 0 Å². The standard InChI is InChI=1S/C13H22N2O4/c1-3-8-10(18-8)5-12(16)14-7-15-13(17)6-11-9(4-2)19-11/h8-11H,3-7H2,1-2H3,(H,14,16)(H,15,17). The van der Waals surface area contributed by atoms with E-state index >= 15 is 0 Å². The number of carbonyl (C=O) groups is 2. The van der Waals surface area contributed by atoms with Crippen LogP contribution in [0.3, 0.4) is 0 Å². The quantitative estimate of drug-likeness (QED) is 0.491. The first-order valence-corrected chi connectivity index (χ1v) is 6.98. The van der Waals surface area contributed by atoms with Gasteiger partial charge < -0.3 is 20.1 Å². The Labute approximate surface area is 113 Å². The molecule has 4 atom stereocenters. The molecule has 0 bridgehead atoms. The van der Waals surface area contributed by atoms with Crippen molar-refractivity contribution in [1.29, 1.82) is 0 Å². The zero-order valence-electron chi connectivity index (χ0n) is 11.5. The van der Waals surface area contributed by atoms with Crippen molar-refractivity contribution in [2.24, 2.45) is 0 Å². The Morgan fingerprint density at radius 2 is 1.26 bits per heavy atom. The number of hydrogen-bond donors (Lipinski definition) is 2. The van der Waals surface area contributed by atoms with Crippen molar-refractivity contribution in [3.8, 4) is 0 Å². The molecule has 0 aromatic rings. The predicted octanol–water partition coefficient (Wildman–Crippen LogP) is 0.311. The Morgan fingerprint density at radius 3 is 1.58 bits per heavy atom. The molecular weight excluding hydrogens is 248 g/mol. The number of amides is 2. The normalized spacial score (nSPS) is 31.7. The number of nitrogens with one attached hydrogen (secondary N) is 2. The van der Waals surface area contributed by atoms with Crippen LogP contribution in [0.25, 0.3) is 0 Å². The highest BCUT2D eigenvalue weighted by molar-refractivity contribution is 5.79. The van der Waals surface area contributed by atoms with Crippen LogP contribution in [-0.2, 0) is 19.1 Å². The SMILES string of the molecule is CCC1OC1CC(=O)NCNC(=O)CC1OC1CC. The summed E-state index contributed by atoms with van der Waals surface area (Å²) in [6, 6.07) is 0. The van der Waals surface area contributed by atoms with Gasteiger partial charge in [0, 0.05) is 0 Å². The lowest BCUT2D eigenvalue weighted by Gasteiger charge is -2.05. The minimum atomic E-state index is -0.0876. The molecule has 0 spiro atoms. The Kier molecular flexibility index (Phi) is 4.76. The Morgan fingerprint density at radius 1 is 0.842 bits per heavy atom. The Balaban J connectivity index is 1.49. The van der Waals surface area contributed by atoms with Crippen LogP contribution in [0.5, 0.6) is 0 Å². The van der Waals surface area contributed by atoms with Crippen molar-refractivity contribution >= 4 is 11.8 Å². The fourth-order valence-corrected chi connectivity index (χ4v) is 2.19. The molecular formula is C13H22N2O4. The second-order valence-corrected chi connectivity index (χ2v) is 5.03. The first-order chi connectivity index (χ1) is 9.13. The third kappa shape index (κ3) is 4.47. The highest BCUT2D eigenvalue weighted by Gasteiger charge is 2.39. The average molecular weight is 270 g/mol. The summed E-state index contributed by atoms with van der Waals surface area (Å²) in [5.41, 5.74) is 0. The number of hydrogen-bond acceptors (Lipinski definition) is 4. The van der Waals surface area contributed by atoms with Gasteiger partial charge in [0.2, 0.25) is 11.8 Å². The van der Waals surface area contributed by atoms with E-state index in [-0.39, 0.29) is 42.9 Å². The first-order valence-electron chi connectivity index (χ1n) is 6.98. The van der Waals surface area contributed by atoms with Crippen LogP contribution >= 0.6 is 0 Å². The molecule has 2 N–H and O–H groups in total. The number of rotatable bonds is 8. The van der Waals surface area contributed by atoms with Gasteiger partial charge in [0.05, 0.1) is 43.9 Å². The molecule has 6 heteroatoms. The second-order valence-electron chi connectivity index (χ2n) is 5.03. The average Bonchev–Trinajstić information content (AvgIpc) is 3.26. The van der Waals surface area contributed by atoms with Crippen LogP contribution < -0.4 is 10.6 Å². The number of carbonyl (C=O) groups excluding carboxylic acids is 2. The molecule has 19 heavy (non-hydrogen) atoms. The summed E-state index contributed by atoms with van der Waals surface area (Å²) >= 11 is 0. The molecule has 2 amide bonds. The summed E-state index contributed by atoms with van der Waals surface area (Å²) in [6.45, 7) is 4.24. The van der Waals surface area contributed by atoms with Gasteiger partial charge in [0.25, 0.3) is 0 Å². The molecule has 0 aromatic heterocycles. The Bertz CT molecular complexity index is 316. The lowest BCUT2D eigenvalue weighted by molar-refractivity contribution is -0.123. The second kappa shape index (κ2) is 6.34. The van der Waals surface area contributed by atoms with Crippen LogP contribution in [-0.4, -0.2) is 42.9 Å². The zero-order chi connectivity index (χ0) is 13.8. The number of epoxide rings is 2. The van der Waals surface area contributed by atoms with Gasteiger partial charge in [-0.05, 0) is 12.8 Å².